The number of amides is 1. The van der Waals surface area contributed by atoms with E-state index < -0.39 is 5.60 Å². The molecule has 0 saturated heterocycles. The van der Waals surface area contributed by atoms with Crippen LogP contribution in [0.5, 0.6) is 0 Å². The summed E-state index contributed by atoms with van der Waals surface area (Å²) in [6, 6.07) is 9.65. The van der Waals surface area contributed by atoms with Gasteiger partial charge in [0.1, 0.15) is 0 Å². The van der Waals surface area contributed by atoms with E-state index in [-0.39, 0.29) is 18.4 Å². The van der Waals surface area contributed by atoms with E-state index >= 15 is 0 Å². The molecule has 1 saturated carbocycles. The molecule has 1 aromatic rings. The van der Waals surface area contributed by atoms with Crippen molar-refractivity contribution < 1.29 is 9.90 Å². The minimum atomic E-state index is -1.12. The van der Waals surface area contributed by atoms with Crippen LogP contribution in [-0.2, 0) is 10.4 Å². The van der Waals surface area contributed by atoms with E-state index in [1.165, 1.54) is 0 Å². The van der Waals surface area contributed by atoms with Gasteiger partial charge >= 0.3 is 0 Å². The molecule has 1 aliphatic rings. The standard InChI is InChI=1S/C19H30N2O2/c1-19(23,16-7-5-4-6-8-16)13-18(22)20-17-11-9-15(10-12-17)14-21(2)3/h4-8,15,17,23H,9-14H2,1-3H3,(H,20,22). The maximum absolute atomic E-state index is 12.3. The summed E-state index contributed by atoms with van der Waals surface area (Å²) in [5.41, 5.74) is -0.335. The summed E-state index contributed by atoms with van der Waals surface area (Å²) < 4.78 is 0. The van der Waals surface area contributed by atoms with Gasteiger partial charge in [0.05, 0.1) is 12.0 Å². The molecule has 0 aliphatic heterocycles. The Kier molecular flexibility index (Phi) is 6.19. The van der Waals surface area contributed by atoms with Gasteiger partial charge < -0.3 is 15.3 Å². The highest BCUT2D eigenvalue weighted by Crippen LogP contribution is 2.27. The second-order valence-corrected chi connectivity index (χ2v) is 7.36. The van der Waals surface area contributed by atoms with Crippen molar-refractivity contribution in [2.45, 2.75) is 50.7 Å². The molecule has 1 aliphatic carbocycles. The van der Waals surface area contributed by atoms with Crippen LogP contribution in [0.4, 0.5) is 0 Å². The number of nitrogens with zero attached hydrogens (tertiary/aromatic N) is 1. The van der Waals surface area contributed by atoms with Crippen LogP contribution >= 0.6 is 0 Å². The lowest BCUT2D eigenvalue weighted by Crippen LogP contribution is -2.41. The van der Waals surface area contributed by atoms with Crippen molar-refractivity contribution >= 4 is 5.91 Å². The molecule has 2 rings (SSSR count). The average Bonchev–Trinajstić information content (AvgIpc) is 2.49. The van der Waals surface area contributed by atoms with Crippen LogP contribution in [0.3, 0.4) is 0 Å². The minimum Gasteiger partial charge on any atom is -0.385 e. The largest absolute Gasteiger partial charge is 0.385 e. The Morgan fingerprint density at radius 1 is 1.22 bits per heavy atom. The van der Waals surface area contributed by atoms with Gasteiger partial charge in [-0.3, -0.25) is 4.79 Å². The summed E-state index contributed by atoms with van der Waals surface area (Å²) >= 11 is 0. The molecule has 2 N–H and O–H groups in total. The normalized spacial score (nSPS) is 24.2. The van der Waals surface area contributed by atoms with E-state index in [4.69, 9.17) is 0 Å². The summed E-state index contributed by atoms with van der Waals surface area (Å²) in [5.74, 6) is 0.681. The van der Waals surface area contributed by atoms with Gasteiger partial charge in [0, 0.05) is 12.6 Å². The number of nitrogens with one attached hydrogen (secondary N) is 1. The van der Waals surface area contributed by atoms with Gasteiger partial charge in [-0.05, 0) is 58.2 Å². The van der Waals surface area contributed by atoms with E-state index in [2.05, 4.69) is 24.3 Å². The Hall–Kier alpha value is -1.39. The molecule has 4 heteroatoms. The van der Waals surface area contributed by atoms with Crippen LogP contribution in [0.25, 0.3) is 0 Å². The molecule has 1 amide bonds. The zero-order chi connectivity index (χ0) is 16.9. The molecule has 0 heterocycles. The van der Waals surface area contributed by atoms with E-state index in [0.717, 1.165) is 43.7 Å². The van der Waals surface area contributed by atoms with Crippen molar-refractivity contribution in [2.24, 2.45) is 5.92 Å². The fourth-order valence-electron chi connectivity index (χ4n) is 3.50. The third-order valence-corrected chi connectivity index (χ3v) is 4.74. The minimum absolute atomic E-state index is 0.0603. The topological polar surface area (TPSA) is 52.6 Å². The lowest BCUT2D eigenvalue weighted by atomic mass is 9.85. The van der Waals surface area contributed by atoms with Crippen LogP contribution in [-0.4, -0.2) is 42.6 Å². The molecule has 1 unspecified atom stereocenters. The highest BCUT2D eigenvalue weighted by atomic mass is 16.3. The Morgan fingerprint density at radius 2 is 1.83 bits per heavy atom. The van der Waals surface area contributed by atoms with E-state index in [0.29, 0.717) is 0 Å². The highest BCUT2D eigenvalue weighted by molar-refractivity contribution is 5.77. The van der Waals surface area contributed by atoms with Crippen molar-refractivity contribution in [3.63, 3.8) is 0 Å². The summed E-state index contributed by atoms with van der Waals surface area (Å²) in [5, 5.41) is 13.7. The van der Waals surface area contributed by atoms with Gasteiger partial charge in [0.25, 0.3) is 0 Å². The monoisotopic (exact) mass is 318 g/mol. The Balaban J connectivity index is 1.79. The molecule has 1 aromatic carbocycles. The zero-order valence-corrected chi connectivity index (χ0v) is 14.6. The van der Waals surface area contributed by atoms with Gasteiger partial charge in [0.15, 0.2) is 0 Å². The first-order valence-electron chi connectivity index (χ1n) is 8.59. The number of aliphatic hydroxyl groups is 1. The third kappa shape index (κ3) is 5.63. The maximum Gasteiger partial charge on any atom is 0.223 e. The van der Waals surface area contributed by atoms with Crippen LogP contribution in [0.15, 0.2) is 30.3 Å². The van der Waals surface area contributed by atoms with Crippen molar-refractivity contribution in [3.8, 4) is 0 Å². The predicted molar refractivity (Wildman–Crippen MR) is 93.1 cm³/mol. The molecule has 0 aromatic heterocycles. The van der Waals surface area contributed by atoms with Gasteiger partial charge in [-0.1, -0.05) is 30.3 Å². The third-order valence-electron chi connectivity index (χ3n) is 4.74. The van der Waals surface area contributed by atoms with Gasteiger partial charge in [-0.2, -0.15) is 0 Å². The van der Waals surface area contributed by atoms with Gasteiger partial charge in [0.2, 0.25) is 5.91 Å². The molecule has 4 nitrogen and oxygen atoms in total. The number of carbonyl (C=O) groups excluding carboxylic acids is 1. The second-order valence-electron chi connectivity index (χ2n) is 7.36. The molecule has 0 spiro atoms. The molecular formula is C19H30N2O2. The fraction of sp³-hybridized carbons (Fsp3) is 0.632. The van der Waals surface area contributed by atoms with Crippen molar-refractivity contribution in [3.05, 3.63) is 35.9 Å². The first kappa shape index (κ1) is 18.0. The summed E-state index contributed by atoms with van der Waals surface area (Å²) in [4.78, 5) is 14.5. The lowest BCUT2D eigenvalue weighted by molar-refractivity contribution is -0.126. The molecule has 1 atom stereocenters. The van der Waals surface area contributed by atoms with E-state index in [1.807, 2.05) is 30.3 Å². The molecular weight excluding hydrogens is 288 g/mol. The number of rotatable bonds is 6. The number of hydrogen-bond acceptors (Lipinski definition) is 3. The smallest absolute Gasteiger partial charge is 0.223 e. The zero-order valence-electron chi connectivity index (χ0n) is 14.6. The van der Waals surface area contributed by atoms with Gasteiger partial charge in [-0.15, -0.1) is 0 Å². The van der Waals surface area contributed by atoms with Crippen LogP contribution in [0, 0.1) is 5.92 Å². The van der Waals surface area contributed by atoms with Crippen LogP contribution in [0.1, 0.15) is 44.6 Å². The Morgan fingerprint density at radius 3 is 2.39 bits per heavy atom. The van der Waals surface area contributed by atoms with Crippen LogP contribution < -0.4 is 5.32 Å². The second kappa shape index (κ2) is 7.93. The number of benzene rings is 1. The Labute approximate surface area is 139 Å². The van der Waals surface area contributed by atoms with Crippen molar-refractivity contribution in [1.29, 1.82) is 0 Å². The molecule has 1 fully saturated rings. The van der Waals surface area contributed by atoms with E-state index in [9.17, 15) is 9.90 Å². The molecule has 0 bridgehead atoms. The molecule has 0 radical (unpaired) electrons. The SMILES string of the molecule is CN(C)CC1CCC(NC(=O)CC(C)(O)c2ccccc2)CC1. The lowest BCUT2D eigenvalue weighted by Gasteiger charge is -2.31. The summed E-state index contributed by atoms with van der Waals surface area (Å²) in [6.07, 6.45) is 4.51. The van der Waals surface area contributed by atoms with Crippen molar-refractivity contribution in [2.75, 3.05) is 20.6 Å². The molecule has 23 heavy (non-hydrogen) atoms. The highest BCUT2D eigenvalue weighted by Gasteiger charge is 2.28. The molecule has 128 valence electrons. The predicted octanol–water partition coefficient (Wildman–Crippen LogP) is 2.52. The number of carbonyl (C=O) groups is 1. The van der Waals surface area contributed by atoms with Gasteiger partial charge in [-0.25, -0.2) is 0 Å². The number of hydrogen-bond donors (Lipinski definition) is 2. The van der Waals surface area contributed by atoms with Crippen LogP contribution in [0.2, 0.25) is 0 Å². The maximum atomic E-state index is 12.3. The average molecular weight is 318 g/mol. The quantitative estimate of drug-likeness (QED) is 0.847. The Bertz CT molecular complexity index is 491. The van der Waals surface area contributed by atoms with E-state index in [1.54, 1.807) is 6.92 Å². The summed E-state index contributed by atoms with van der Waals surface area (Å²) in [6.45, 7) is 2.83. The first-order valence-corrected chi connectivity index (χ1v) is 8.59. The van der Waals surface area contributed by atoms with Crippen molar-refractivity contribution in [1.82, 2.24) is 10.2 Å². The first-order chi connectivity index (χ1) is 10.9. The summed E-state index contributed by atoms with van der Waals surface area (Å²) in [7, 11) is 4.22. The fourth-order valence-corrected chi connectivity index (χ4v) is 3.50.